The summed E-state index contributed by atoms with van der Waals surface area (Å²) >= 11 is 0. The Balaban J connectivity index is 0.00000300. The Morgan fingerprint density at radius 3 is 2.66 bits per heavy atom. The molecular weight excluding hydrogens is 475 g/mol. The third-order valence-electron chi connectivity index (χ3n) is 6.09. The van der Waals surface area contributed by atoms with Crippen LogP contribution in [0.3, 0.4) is 0 Å². The summed E-state index contributed by atoms with van der Waals surface area (Å²) in [6.07, 6.45) is 3.82. The summed E-state index contributed by atoms with van der Waals surface area (Å²) in [7, 11) is 1.91. The SMILES string of the molecule is CN=C(NCC1CCCN(C(C)C)C1)N1CCC(COCc2ccccc2)C1.I. The predicted molar refractivity (Wildman–Crippen MR) is 132 cm³/mol. The van der Waals surface area contributed by atoms with Crippen LogP contribution in [0.4, 0.5) is 0 Å². The van der Waals surface area contributed by atoms with Crippen molar-refractivity contribution in [1.82, 2.24) is 15.1 Å². The first-order valence-electron chi connectivity index (χ1n) is 11.0. The van der Waals surface area contributed by atoms with Crippen LogP contribution in [0.2, 0.25) is 0 Å². The zero-order valence-electron chi connectivity index (χ0n) is 18.3. The van der Waals surface area contributed by atoms with Gasteiger partial charge in [0.05, 0.1) is 13.2 Å². The lowest BCUT2D eigenvalue weighted by Gasteiger charge is -2.36. The van der Waals surface area contributed by atoms with Crippen LogP contribution in [-0.4, -0.2) is 68.2 Å². The number of nitrogens with one attached hydrogen (secondary N) is 1. The number of hydrogen-bond donors (Lipinski definition) is 1. The maximum Gasteiger partial charge on any atom is 0.193 e. The van der Waals surface area contributed by atoms with E-state index in [4.69, 9.17) is 4.74 Å². The average Bonchev–Trinajstić information content (AvgIpc) is 3.18. The molecule has 2 atom stereocenters. The quantitative estimate of drug-likeness (QED) is 0.341. The van der Waals surface area contributed by atoms with E-state index in [1.54, 1.807) is 0 Å². The van der Waals surface area contributed by atoms with E-state index in [9.17, 15) is 0 Å². The Morgan fingerprint density at radius 1 is 1.14 bits per heavy atom. The first-order valence-corrected chi connectivity index (χ1v) is 11.0. The summed E-state index contributed by atoms with van der Waals surface area (Å²) < 4.78 is 5.96. The minimum atomic E-state index is 0. The topological polar surface area (TPSA) is 40.1 Å². The Kier molecular flexibility index (Phi) is 10.7. The van der Waals surface area contributed by atoms with E-state index in [1.807, 2.05) is 13.1 Å². The van der Waals surface area contributed by atoms with Crippen LogP contribution >= 0.6 is 24.0 Å². The molecule has 2 saturated heterocycles. The number of guanidine groups is 1. The summed E-state index contributed by atoms with van der Waals surface area (Å²) in [5.41, 5.74) is 1.25. The van der Waals surface area contributed by atoms with Gasteiger partial charge in [-0.05, 0) is 51.1 Å². The highest BCUT2D eigenvalue weighted by Crippen LogP contribution is 2.19. The summed E-state index contributed by atoms with van der Waals surface area (Å²) in [5, 5.41) is 3.65. The molecule has 2 unspecified atom stereocenters. The fourth-order valence-electron chi connectivity index (χ4n) is 4.38. The van der Waals surface area contributed by atoms with Gasteiger partial charge < -0.3 is 19.9 Å². The third kappa shape index (κ3) is 7.72. The van der Waals surface area contributed by atoms with Gasteiger partial charge in [-0.3, -0.25) is 4.99 Å². The maximum atomic E-state index is 5.96. The first-order chi connectivity index (χ1) is 13.7. The molecule has 5 nitrogen and oxygen atoms in total. The monoisotopic (exact) mass is 514 g/mol. The van der Waals surface area contributed by atoms with Gasteiger partial charge in [-0.15, -0.1) is 24.0 Å². The molecule has 0 spiro atoms. The third-order valence-corrected chi connectivity index (χ3v) is 6.09. The number of likely N-dealkylation sites (tertiary alicyclic amines) is 2. The van der Waals surface area contributed by atoms with Gasteiger partial charge in [0.2, 0.25) is 0 Å². The van der Waals surface area contributed by atoms with Gasteiger partial charge in [-0.25, -0.2) is 0 Å². The van der Waals surface area contributed by atoms with E-state index in [2.05, 4.69) is 58.2 Å². The van der Waals surface area contributed by atoms with Crippen molar-refractivity contribution in [3.05, 3.63) is 35.9 Å². The number of rotatable bonds is 7. The number of ether oxygens (including phenoxy) is 1. The van der Waals surface area contributed by atoms with Crippen LogP contribution < -0.4 is 5.32 Å². The number of benzene rings is 1. The number of hydrogen-bond acceptors (Lipinski definition) is 3. The van der Waals surface area contributed by atoms with E-state index in [-0.39, 0.29) is 24.0 Å². The molecule has 1 aromatic carbocycles. The van der Waals surface area contributed by atoms with Gasteiger partial charge in [0.1, 0.15) is 0 Å². The largest absolute Gasteiger partial charge is 0.376 e. The van der Waals surface area contributed by atoms with Crippen molar-refractivity contribution in [2.75, 3.05) is 46.4 Å². The smallest absolute Gasteiger partial charge is 0.193 e. The van der Waals surface area contributed by atoms with Crippen LogP contribution in [-0.2, 0) is 11.3 Å². The van der Waals surface area contributed by atoms with Crippen molar-refractivity contribution in [3.8, 4) is 0 Å². The molecule has 0 radical (unpaired) electrons. The second kappa shape index (κ2) is 12.7. The van der Waals surface area contributed by atoms with Crippen molar-refractivity contribution in [2.45, 2.75) is 45.8 Å². The van der Waals surface area contributed by atoms with E-state index in [1.165, 1.54) is 37.9 Å². The lowest BCUT2D eigenvalue weighted by atomic mass is 9.97. The van der Waals surface area contributed by atoms with E-state index >= 15 is 0 Å². The number of piperidine rings is 1. The van der Waals surface area contributed by atoms with Crippen molar-refractivity contribution >= 4 is 29.9 Å². The summed E-state index contributed by atoms with van der Waals surface area (Å²) in [6.45, 7) is 11.7. The van der Waals surface area contributed by atoms with E-state index < -0.39 is 0 Å². The van der Waals surface area contributed by atoms with Gasteiger partial charge in [0.25, 0.3) is 0 Å². The Labute approximate surface area is 194 Å². The van der Waals surface area contributed by atoms with Crippen LogP contribution in [0.15, 0.2) is 35.3 Å². The Morgan fingerprint density at radius 2 is 1.93 bits per heavy atom. The second-order valence-electron chi connectivity index (χ2n) is 8.63. The van der Waals surface area contributed by atoms with Crippen molar-refractivity contribution < 1.29 is 4.74 Å². The molecule has 3 rings (SSSR count). The standard InChI is InChI=1S/C23H38N4O.HI/c1-19(2)26-12-7-10-21(15-26)14-25-23(24-3)27-13-11-22(16-27)18-28-17-20-8-5-4-6-9-20;/h4-6,8-9,19,21-22H,7,10-18H2,1-3H3,(H,24,25);1H. The zero-order chi connectivity index (χ0) is 19.8. The molecule has 0 bridgehead atoms. The maximum absolute atomic E-state index is 5.96. The molecule has 2 fully saturated rings. The predicted octanol–water partition coefficient (Wildman–Crippen LogP) is 3.84. The minimum Gasteiger partial charge on any atom is -0.376 e. The molecular formula is C23H39IN4O. The molecule has 0 aromatic heterocycles. The second-order valence-corrected chi connectivity index (χ2v) is 8.63. The zero-order valence-corrected chi connectivity index (χ0v) is 20.7. The van der Waals surface area contributed by atoms with Gasteiger partial charge in [-0.2, -0.15) is 0 Å². The van der Waals surface area contributed by atoms with Crippen LogP contribution in [0.5, 0.6) is 0 Å². The van der Waals surface area contributed by atoms with Crippen LogP contribution in [0, 0.1) is 11.8 Å². The highest BCUT2D eigenvalue weighted by Gasteiger charge is 2.26. The van der Waals surface area contributed by atoms with E-state index in [0.29, 0.717) is 18.6 Å². The molecule has 0 amide bonds. The van der Waals surface area contributed by atoms with Crippen LogP contribution in [0.25, 0.3) is 0 Å². The molecule has 2 heterocycles. The van der Waals surface area contributed by atoms with E-state index in [0.717, 1.165) is 38.1 Å². The van der Waals surface area contributed by atoms with Gasteiger partial charge in [0.15, 0.2) is 5.96 Å². The fourth-order valence-corrected chi connectivity index (χ4v) is 4.38. The van der Waals surface area contributed by atoms with Crippen molar-refractivity contribution in [2.24, 2.45) is 16.8 Å². The van der Waals surface area contributed by atoms with Crippen molar-refractivity contribution in [1.29, 1.82) is 0 Å². The molecule has 2 aliphatic rings. The molecule has 6 heteroatoms. The number of halogens is 1. The van der Waals surface area contributed by atoms with Crippen LogP contribution in [0.1, 0.15) is 38.7 Å². The lowest BCUT2D eigenvalue weighted by molar-refractivity contribution is 0.0906. The summed E-state index contributed by atoms with van der Waals surface area (Å²) in [4.78, 5) is 9.56. The molecule has 1 aromatic rings. The first kappa shape index (κ1) is 24.4. The Hall–Kier alpha value is -0.860. The number of aliphatic imine (C=N–C) groups is 1. The Bertz CT molecular complexity index is 610. The fraction of sp³-hybridized carbons (Fsp3) is 0.696. The molecule has 0 aliphatic carbocycles. The molecule has 29 heavy (non-hydrogen) atoms. The summed E-state index contributed by atoms with van der Waals surface area (Å²) in [5.74, 6) is 2.38. The van der Waals surface area contributed by atoms with Gasteiger partial charge in [-0.1, -0.05) is 30.3 Å². The highest BCUT2D eigenvalue weighted by atomic mass is 127. The van der Waals surface area contributed by atoms with Crippen molar-refractivity contribution in [3.63, 3.8) is 0 Å². The highest BCUT2D eigenvalue weighted by molar-refractivity contribution is 14.0. The molecule has 1 N–H and O–H groups in total. The lowest BCUT2D eigenvalue weighted by Crippen LogP contribution is -2.46. The summed E-state index contributed by atoms with van der Waals surface area (Å²) in [6, 6.07) is 11.1. The normalized spacial score (nSPS) is 23.3. The average molecular weight is 514 g/mol. The van der Waals surface area contributed by atoms with Gasteiger partial charge in [0, 0.05) is 45.2 Å². The molecule has 0 saturated carbocycles. The minimum absolute atomic E-state index is 0. The van der Waals surface area contributed by atoms with Gasteiger partial charge >= 0.3 is 0 Å². The molecule has 2 aliphatic heterocycles. The molecule has 164 valence electrons. The number of nitrogens with zero attached hydrogens (tertiary/aromatic N) is 3.